The van der Waals surface area contributed by atoms with Gasteiger partial charge in [-0.05, 0) is 12.8 Å². The Morgan fingerprint density at radius 3 is 2.60 bits per heavy atom. The Hall–Kier alpha value is -1.02. The van der Waals surface area contributed by atoms with E-state index in [-0.39, 0.29) is 19.4 Å². The summed E-state index contributed by atoms with van der Waals surface area (Å²) in [6, 6.07) is 0. The van der Waals surface area contributed by atoms with Crippen LogP contribution in [-0.2, 0) is 14.8 Å². The van der Waals surface area contributed by atoms with E-state index in [2.05, 4.69) is 6.58 Å². The monoisotopic (exact) mass is 311 g/mol. The summed E-state index contributed by atoms with van der Waals surface area (Å²) >= 11 is 0. The highest BCUT2D eigenvalue weighted by Crippen LogP contribution is 2.39. The zero-order chi connectivity index (χ0) is 15.4. The quantitative estimate of drug-likeness (QED) is 0.726. The van der Waals surface area contributed by atoms with E-state index in [0.29, 0.717) is 17.1 Å². The molecule has 1 N–H and O–H groups in total. The molecule has 0 aliphatic heterocycles. The number of hydrogen-bond donors (Lipinski definition) is 1. The minimum Gasteiger partial charge on any atom is -0.480 e. The number of carbonyl (C=O) groups is 1. The second-order valence-electron chi connectivity index (χ2n) is 4.96. The van der Waals surface area contributed by atoms with Gasteiger partial charge in [0.15, 0.2) is 0 Å². The van der Waals surface area contributed by atoms with Crippen molar-refractivity contribution < 1.29 is 27.1 Å². The molecule has 1 aliphatic rings. The van der Waals surface area contributed by atoms with Gasteiger partial charge in [0.2, 0.25) is 10.0 Å². The molecule has 116 valence electrons. The smallest absolute Gasteiger partial charge is 0.318 e. The summed E-state index contributed by atoms with van der Waals surface area (Å²) < 4.78 is 52.2. The third kappa shape index (κ3) is 4.52. The number of carboxylic acids is 1. The summed E-state index contributed by atoms with van der Waals surface area (Å²) in [5, 5.41) is 8.69. The molecule has 0 spiro atoms. The van der Waals surface area contributed by atoms with Crippen LogP contribution in [0.25, 0.3) is 0 Å². The van der Waals surface area contributed by atoms with Crippen molar-refractivity contribution in [3.63, 3.8) is 0 Å². The zero-order valence-electron chi connectivity index (χ0n) is 11.1. The van der Waals surface area contributed by atoms with Gasteiger partial charge in [-0.2, -0.15) is 4.31 Å². The van der Waals surface area contributed by atoms with Crippen LogP contribution in [0.2, 0.25) is 0 Å². The third-order valence-corrected chi connectivity index (χ3v) is 5.25. The molecule has 0 aromatic heterocycles. The molecule has 1 fully saturated rings. The summed E-state index contributed by atoms with van der Waals surface area (Å²) in [4.78, 5) is 10.7. The summed E-state index contributed by atoms with van der Waals surface area (Å²) in [6.07, 6.45) is 2.01. The Labute approximate surface area is 117 Å². The maximum absolute atomic E-state index is 13.7. The average Bonchev–Trinajstić information content (AvgIpc) is 2.30. The van der Waals surface area contributed by atoms with Crippen molar-refractivity contribution in [2.45, 2.75) is 31.6 Å². The molecule has 1 atom stereocenters. The molecular formula is C12H19F2NO4S. The summed E-state index contributed by atoms with van der Waals surface area (Å²) in [7, 11) is -4.05. The summed E-state index contributed by atoms with van der Waals surface area (Å²) in [5.74, 6) is -6.30. The number of halogens is 2. The Bertz CT molecular complexity index is 464. The molecule has 1 aliphatic carbocycles. The molecule has 1 unspecified atom stereocenters. The maximum atomic E-state index is 13.7. The van der Waals surface area contributed by atoms with Gasteiger partial charge in [0, 0.05) is 18.9 Å². The van der Waals surface area contributed by atoms with Crippen LogP contribution in [0.15, 0.2) is 12.7 Å². The number of aliphatic carboxylic acids is 1. The molecule has 5 nitrogen and oxygen atoms in total. The molecular weight excluding hydrogens is 292 g/mol. The zero-order valence-corrected chi connectivity index (χ0v) is 11.9. The van der Waals surface area contributed by atoms with Crippen molar-refractivity contribution in [1.29, 1.82) is 0 Å². The van der Waals surface area contributed by atoms with Crippen LogP contribution < -0.4 is 0 Å². The molecule has 1 rings (SSSR count). The van der Waals surface area contributed by atoms with Gasteiger partial charge in [0.05, 0.1) is 5.75 Å². The molecule has 0 radical (unpaired) electrons. The largest absolute Gasteiger partial charge is 0.480 e. The molecule has 1 saturated carbocycles. The van der Waals surface area contributed by atoms with Gasteiger partial charge in [-0.25, -0.2) is 17.2 Å². The van der Waals surface area contributed by atoms with Crippen LogP contribution in [0, 0.1) is 5.92 Å². The lowest BCUT2D eigenvalue weighted by atomic mass is 9.87. The highest BCUT2D eigenvalue weighted by molar-refractivity contribution is 7.89. The number of alkyl halides is 2. The van der Waals surface area contributed by atoms with Gasteiger partial charge in [-0.3, -0.25) is 4.79 Å². The van der Waals surface area contributed by atoms with Crippen LogP contribution in [-0.4, -0.2) is 48.6 Å². The van der Waals surface area contributed by atoms with Crippen LogP contribution in [0.1, 0.15) is 25.7 Å². The highest BCUT2D eigenvalue weighted by atomic mass is 32.2. The van der Waals surface area contributed by atoms with E-state index in [9.17, 15) is 22.0 Å². The molecule has 0 heterocycles. The van der Waals surface area contributed by atoms with E-state index >= 15 is 0 Å². The van der Waals surface area contributed by atoms with E-state index in [1.807, 2.05) is 0 Å². The SMILES string of the molecule is C=CCN(CC(=O)O)S(=O)(=O)CC1CCCCC1(F)F. The normalized spacial score (nSPS) is 22.6. The van der Waals surface area contributed by atoms with Crippen molar-refractivity contribution in [3.05, 3.63) is 12.7 Å². The molecule has 0 aromatic rings. The first kappa shape index (κ1) is 17.0. The lowest BCUT2D eigenvalue weighted by Gasteiger charge is -2.32. The van der Waals surface area contributed by atoms with E-state index in [1.165, 1.54) is 6.08 Å². The molecule has 8 heteroatoms. The van der Waals surface area contributed by atoms with Crippen LogP contribution >= 0.6 is 0 Å². The lowest BCUT2D eigenvalue weighted by molar-refractivity contribution is -0.137. The van der Waals surface area contributed by atoms with Gasteiger partial charge < -0.3 is 5.11 Å². The fourth-order valence-electron chi connectivity index (χ4n) is 2.30. The first-order valence-electron chi connectivity index (χ1n) is 6.37. The Morgan fingerprint density at radius 2 is 2.10 bits per heavy atom. The predicted octanol–water partition coefficient (Wildman–Crippen LogP) is 1.71. The Balaban J connectivity index is 2.85. The van der Waals surface area contributed by atoms with Crippen molar-refractivity contribution in [2.75, 3.05) is 18.8 Å². The molecule has 0 bridgehead atoms. The number of carboxylic acid groups (broad SMARTS) is 1. The van der Waals surface area contributed by atoms with E-state index in [4.69, 9.17) is 5.11 Å². The molecule has 20 heavy (non-hydrogen) atoms. The molecule has 0 aromatic carbocycles. The second kappa shape index (κ2) is 6.62. The Morgan fingerprint density at radius 1 is 1.45 bits per heavy atom. The first-order chi connectivity index (χ1) is 9.19. The van der Waals surface area contributed by atoms with E-state index in [1.54, 1.807) is 0 Å². The highest BCUT2D eigenvalue weighted by Gasteiger charge is 2.44. The van der Waals surface area contributed by atoms with Gasteiger partial charge in [-0.15, -0.1) is 6.58 Å². The van der Waals surface area contributed by atoms with Gasteiger partial charge >= 0.3 is 5.97 Å². The Kier molecular flexibility index (Phi) is 5.64. The second-order valence-corrected chi connectivity index (χ2v) is 6.97. The molecule has 0 amide bonds. The minimum absolute atomic E-state index is 0.140. The lowest BCUT2D eigenvalue weighted by Crippen LogP contribution is -2.43. The summed E-state index contributed by atoms with van der Waals surface area (Å²) in [6.45, 7) is 2.40. The third-order valence-electron chi connectivity index (χ3n) is 3.36. The van der Waals surface area contributed by atoms with E-state index < -0.39 is 40.1 Å². The fourth-order valence-corrected chi connectivity index (χ4v) is 4.07. The standard InChI is InChI=1S/C12H19F2NO4S/c1-2-7-15(8-11(16)17)20(18,19)9-10-5-3-4-6-12(10,13)14/h2,10H,1,3-9H2,(H,16,17). The number of rotatable bonds is 7. The number of sulfonamides is 1. The van der Waals surface area contributed by atoms with Crippen molar-refractivity contribution >= 4 is 16.0 Å². The van der Waals surface area contributed by atoms with E-state index in [0.717, 1.165) is 0 Å². The predicted molar refractivity (Wildman–Crippen MR) is 70.1 cm³/mol. The number of nitrogens with zero attached hydrogens (tertiary/aromatic N) is 1. The minimum atomic E-state index is -4.05. The van der Waals surface area contributed by atoms with Gasteiger partial charge in [-0.1, -0.05) is 12.5 Å². The topological polar surface area (TPSA) is 74.7 Å². The van der Waals surface area contributed by atoms with Crippen molar-refractivity contribution in [1.82, 2.24) is 4.31 Å². The number of hydrogen-bond acceptors (Lipinski definition) is 3. The van der Waals surface area contributed by atoms with Crippen molar-refractivity contribution in [2.24, 2.45) is 5.92 Å². The fraction of sp³-hybridized carbons (Fsp3) is 0.750. The van der Waals surface area contributed by atoms with Gasteiger partial charge in [0.25, 0.3) is 5.92 Å². The van der Waals surface area contributed by atoms with Crippen molar-refractivity contribution in [3.8, 4) is 0 Å². The first-order valence-corrected chi connectivity index (χ1v) is 7.98. The van der Waals surface area contributed by atoms with Crippen LogP contribution in [0.4, 0.5) is 8.78 Å². The van der Waals surface area contributed by atoms with Gasteiger partial charge in [0.1, 0.15) is 6.54 Å². The maximum Gasteiger partial charge on any atom is 0.318 e. The van der Waals surface area contributed by atoms with Crippen LogP contribution in [0.5, 0.6) is 0 Å². The van der Waals surface area contributed by atoms with Crippen LogP contribution in [0.3, 0.4) is 0 Å². The summed E-state index contributed by atoms with van der Waals surface area (Å²) in [5.41, 5.74) is 0. The molecule has 0 saturated heterocycles. The average molecular weight is 311 g/mol.